The third kappa shape index (κ3) is 3.20. The highest BCUT2D eigenvalue weighted by Gasteiger charge is 2.16. The molecule has 0 aromatic heterocycles. The normalized spacial score (nSPS) is 12.3. The van der Waals surface area contributed by atoms with E-state index in [1.54, 1.807) is 0 Å². The second kappa shape index (κ2) is 5.19. The molecule has 0 bridgehead atoms. The highest BCUT2D eigenvalue weighted by molar-refractivity contribution is 5.74. The molecular formula is C13H20N2O2. The molecule has 0 spiro atoms. The van der Waals surface area contributed by atoms with Crippen molar-refractivity contribution in [1.82, 2.24) is 0 Å². The van der Waals surface area contributed by atoms with Gasteiger partial charge in [-0.2, -0.15) is 0 Å². The third-order valence-electron chi connectivity index (χ3n) is 2.93. The number of rotatable bonds is 4. The minimum Gasteiger partial charge on any atom is -0.480 e. The van der Waals surface area contributed by atoms with Crippen LogP contribution in [0.5, 0.6) is 0 Å². The first-order valence-electron chi connectivity index (χ1n) is 5.58. The Bertz CT molecular complexity index is 428. The van der Waals surface area contributed by atoms with E-state index in [1.807, 2.05) is 38.9 Å². The fraction of sp³-hybridized carbons (Fsp3) is 0.462. The molecule has 17 heavy (non-hydrogen) atoms. The van der Waals surface area contributed by atoms with E-state index >= 15 is 0 Å². The standard InChI is InChI=1S/C13H20N2O2/c1-8-5-10(7-11(14)13(16)17)12(15(3)4)6-9(8)2/h5-6,11H,7,14H2,1-4H3,(H,16,17). The molecule has 0 aliphatic rings. The molecule has 1 aromatic rings. The summed E-state index contributed by atoms with van der Waals surface area (Å²) in [5.74, 6) is -0.965. The van der Waals surface area contributed by atoms with E-state index in [-0.39, 0.29) is 0 Å². The molecule has 1 rings (SSSR count). The molecule has 0 aliphatic heterocycles. The van der Waals surface area contributed by atoms with Gasteiger partial charge in [-0.15, -0.1) is 0 Å². The van der Waals surface area contributed by atoms with Gasteiger partial charge >= 0.3 is 5.97 Å². The number of aliphatic carboxylic acids is 1. The van der Waals surface area contributed by atoms with Crippen LogP contribution in [0.25, 0.3) is 0 Å². The van der Waals surface area contributed by atoms with Crippen LogP contribution in [0.4, 0.5) is 5.69 Å². The summed E-state index contributed by atoms with van der Waals surface area (Å²) < 4.78 is 0. The van der Waals surface area contributed by atoms with Gasteiger partial charge < -0.3 is 15.7 Å². The molecule has 1 aromatic carbocycles. The van der Waals surface area contributed by atoms with Gasteiger partial charge in [-0.1, -0.05) is 6.07 Å². The SMILES string of the molecule is Cc1cc(CC(N)C(=O)O)c(N(C)C)cc1C. The minimum atomic E-state index is -0.965. The number of carboxylic acid groups (broad SMARTS) is 1. The summed E-state index contributed by atoms with van der Waals surface area (Å²) >= 11 is 0. The largest absolute Gasteiger partial charge is 0.480 e. The number of nitrogens with zero attached hydrogens (tertiary/aromatic N) is 1. The second-order valence-electron chi connectivity index (χ2n) is 4.61. The summed E-state index contributed by atoms with van der Waals surface area (Å²) in [6.45, 7) is 4.06. The van der Waals surface area contributed by atoms with Crippen LogP contribution in [0.15, 0.2) is 12.1 Å². The van der Waals surface area contributed by atoms with Crippen LogP contribution in [0, 0.1) is 13.8 Å². The quantitative estimate of drug-likeness (QED) is 0.827. The molecule has 1 unspecified atom stereocenters. The Morgan fingerprint density at radius 2 is 1.88 bits per heavy atom. The summed E-state index contributed by atoms with van der Waals surface area (Å²) in [7, 11) is 3.89. The van der Waals surface area contributed by atoms with Gasteiger partial charge in [-0.05, 0) is 36.6 Å². The van der Waals surface area contributed by atoms with E-state index in [2.05, 4.69) is 6.07 Å². The number of hydrogen-bond acceptors (Lipinski definition) is 3. The van der Waals surface area contributed by atoms with Gasteiger partial charge in [-0.25, -0.2) is 0 Å². The van der Waals surface area contributed by atoms with E-state index in [4.69, 9.17) is 10.8 Å². The van der Waals surface area contributed by atoms with Gasteiger partial charge in [0.2, 0.25) is 0 Å². The lowest BCUT2D eigenvalue weighted by Crippen LogP contribution is -2.32. The number of carboxylic acids is 1. The van der Waals surface area contributed by atoms with Gasteiger partial charge in [0.1, 0.15) is 6.04 Å². The Morgan fingerprint density at radius 3 is 2.35 bits per heavy atom. The summed E-state index contributed by atoms with van der Waals surface area (Å²) in [5.41, 5.74) is 9.95. The van der Waals surface area contributed by atoms with Gasteiger partial charge in [0.05, 0.1) is 0 Å². The van der Waals surface area contributed by atoms with Crippen LogP contribution in [0.2, 0.25) is 0 Å². The Balaban J connectivity index is 3.12. The molecular weight excluding hydrogens is 216 g/mol. The maximum Gasteiger partial charge on any atom is 0.320 e. The van der Waals surface area contributed by atoms with Gasteiger partial charge in [0.15, 0.2) is 0 Å². The number of anilines is 1. The van der Waals surface area contributed by atoms with Crippen LogP contribution < -0.4 is 10.6 Å². The van der Waals surface area contributed by atoms with Crippen LogP contribution in [-0.4, -0.2) is 31.2 Å². The van der Waals surface area contributed by atoms with E-state index < -0.39 is 12.0 Å². The average Bonchev–Trinajstić information content (AvgIpc) is 2.22. The molecule has 0 saturated carbocycles. The molecule has 0 heterocycles. The molecule has 4 heteroatoms. The van der Waals surface area contributed by atoms with Gasteiger partial charge in [-0.3, -0.25) is 4.79 Å². The first kappa shape index (κ1) is 13.5. The van der Waals surface area contributed by atoms with Crippen LogP contribution >= 0.6 is 0 Å². The molecule has 0 aliphatic carbocycles. The maximum absolute atomic E-state index is 10.8. The van der Waals surface area contributed by atoms with Crippen molar-refractivity contribution in [2.75, 3.05) is 19.0 Å². The van der Waals surface area contributed by atoms with Crippen LogP contribution in [0.3, 0.4) is 0 Å². The van der Waals surface area contributed by atoms with Gasteiger partial charge in [0.25, 0.3) is 0 Å². The maximum atomic E-state index is 10.8. The molecule has 0 fully saturated rings. The van der Waals surface area contributed by atoms with Crippen LogP contribution in [0.1, 0.15) is 16.7 Å². The van der Waals surface area contributed by atoms with Crippen molar-refractivity contribution in [3.8, 4) is 0 Å². The predicted octanol–water partition coefficient (Wildman–Crippen LogP) is 1.32. The highest BCUT2D eigenvalue weighted by atomic mass is 16.4. The van der Waals surface area contributed by atoms with Crippen molar-refractivity contribution in [3.63, 3.8) is 0 Å². The molecule has 0 saturated heterocycles. The van der Waals surface area contributed by atoms with Crippen molar-refractivity contribution in [2.24, 2.45) is 5.73 Å². The Hall–Kier alpha value is -1.55. The predicted molar refractivity (Wildman–Crippen MR) is 69.6 cm³/mol. The molecule has 0 radical (unpaired) electrons. The molecule has 4 nitrogen and oxygen atoms in total. The van der Waals surface area contributed by atoms with Crippen LogP contribution in [-0.2, 0) is 11.2 Å². The molecule has 0 amide bonds. The fourth-order valence-electron chi connectivity index (χ4n) is 1.76. The number of aryl methyl sites for hydroxylation is 2. The summed E-state index contributed by atoms with van der Waals surface area (Å²) in [6, 6.07) is 3.24. The zero-order valence-electron chi connectivity index (χ0n) is 10.8. The number of carbonyl (C=O) groups is 1. The summed E-state index contributed by atoms with van der Waals surface area (Å²) in [4.78, 5) is 12.8. The Labute approximate surface area is 102 Å². The van der Waals surface area contributed by atoms with Crippen molar-refractivity contribution >= 4 is 11.7 Å². The lowest BCUT2D eigenvalue weighted by molar-refractivity contribution is -0.138. The van der Waals surface area contributed by atoms with Gasteiger partial charge in [0, 0.05) is 26.2 Å². The number of nitrogens with two attached hydrogens (primary N) is 1. The first-order chi connectivity index (χ1) is 7.82. The van der Waals surface area contributed by atoms with E-state index in [9.17, 15) is 4.79 Å². The van der Waals surface area contributed by atoms with Crippen molar-refractivity contribution in [1.29, 1.82) is 0 Å². The highest BCUT2D eigenvalue weighted by Crippen LogP contribution is 2.24. The summed E-state index contributed by atoms with van der Waals surface area (Å²) in [6.07, 6.45) is 0.351. The average molecular weight is 236 g/mol. The lowest BCUT2D eigenvalue weighted by atomic mass is 9.98. The third-order valence-corrected chi connectivity index (χ3v) is 2.93. The van der Waals surface area contributed by atoms with E-state index in [0.29, 0.717) is 6.42 Å². The van der Waals surface area contributed by atoms with Crippen molar-refractivity contribution < 1.29 is 9.90 Å². The number of benzene rings is 1. The van der Waals surface area contributed by atoms with E-state index in [1.165, 1.54) is 5.56 Å². The fourth-order valence-corrected chi connectivity index (χ4v) is 1.76. The molecule has 1 atom stereocenters. The minimum absolute atomic E-state index is 0.351. The zero-order chi connectivity index (χ0) is 13.2. The zero-order valence-corrected chi connectivity index (χ0v) is 10.8. The summed E-state index contributed by atoms with van der Waals surface area (Å²) in [5, 5.41) is 8.86. The van der Waals surface area contributed by atoms with Crippen molar-refractivity contribution in [2.45, 2.75) is 26.3 Å². The van der Waals surface area contributed by atoms with Crippen molar-refractivity contribution in [3.05, 3.63) is 28.8 Å². The number of hydrogen-bond donors (Lipinski definition) is 2. The molecule has 94 valence electrons. The topological polar surface area (TPSA) is 66.6 Å². The lowest BCUT2D eigenvalue weighted by Gasteiger charge is -2.20. The monoisotopic (exact) mass is 236 g/mol. The first-order valence-corrected chi connectivity index (χ1v) is 5.58. The second-order valence-corrected chi connectivity index (χ2v) is 4.61. The smallest absolute Gasteiger partial charge is 0.320 e. The molecule has 3 N–H and O–H groups in total. The Kier molecular flexibility index (Phi) is 4.12. The van der Waals surface area contributed by atoms with E-state index in [0.717, 1.165) is 16.8 Å². The Morgan fingerprint density at radius 1 is 1.35 bits per heavy atom.